The molecule has 1 aliphatic rings. The number of hydrogen-bond donors (Lipinski definition) is 0. The van der Waals surface area contributed by atoms with Crippen LogP contribution in [0, 0.1) is 17.0 Å². The van der Waals surface area contributed by atoms with Crippen molar-refractivity contribution in [1.29, 1.82) is 0 Å². The van der Waals surface area contributed by atoms with Crippen molar-refractivity contribution in [2.24, 2.45) is 0 Å². The highest BCUT2D eigenvalue weighted by Crippen LogP contribution is 2.28. The van der Waals surface area contributed by atoms with Crippen LogP contribution in [0.5, 0.6) is 0 Å². The van der Waals surface area contributed by atoms with Gasteiger partial charge in [-0.3, -0.25) is 14.9 Å². The summed E-state index contributed by atoms with van der Waals surface area (Å²) in [4.78, 5) is 36.5. The maximum atomic E-state index is 12.2. The number of hydrogen-bond acceptors (Lipinski definition) is 7. The number of ether oxygens (including phenoxy) is 1. The molecule has 1 amide bonds. The Morgan fingerprint density at radius 3 is 2.41 bits per heavy atom. The lowest BCUT2D eigenvalue weighted by Gasteiger charge is -2.36. The number of amides is 1. The zero-order chi connectivity index (χ0) is 23.3. The van der Waals surface area contributed by atoms with E-state index in [0.29, 0.717) is 32.6 Å². The van der Waals surface area contributed by atoms with Crippen LogP contribution in [-0.4, -0.2) is 65.6 Å². The van der Waals surface area contributed by atoms with Gasteiger partial charge in [0.05, 0.1) is 4.92 Å². The van der Waals surface area contributed by atoms with Crippen LogP contribution >= 0.6 is 0 Å². The summed E-state index contributed by atoms with van der Waals surface area (Å²) >= 11 is 0. The summed E-state index contributed by atoms with van der Waals surface area (Å²) < 4.78 is 4.98. The number of carbonyl (C=O) groups excluding carboxylic acids is 1. The Balaban J connectivity index is 1.89. The summed E-state index contributed by atoms with van der Waals surface area (Å²) in [5.74, 6) is 1.96. The third kappa shape index (κ3) is 5.40. The van der Waals surface area contributed by atoms with Gasteiger partial charge in [-0.1, -0.05) is 26.0 Å². The van der Waals surface area contributed by atoms with Gasteiger partial charge < -0.3 is 14.5 Å². The van der Waals surface area contributed by atoms with Crippen molar-refractivity contribution >= 4 is 17.4 Å². The normalized spacial score (nSPS) is 15.0. The minimum atomic E-state index is -0.394. The average Bonchev–Trinajstić information content (AvgIpc) is 2.80. The number of piperazine rings is 1. The number of nitrogens with zero attached hydrogens (tertiary/aromatic N) is 5. The highest BCUT2D eigenvalue weighted by atomic mass is 16.6. The Morgan fingerprint density at radius 1 is 1.19 bits per heavy atom. The van der Waals surface area contributed by atoms with E-state index in [4.69, 9.17) is 14.7 Å². The van der Waals surface area contributed by atoms with E-state index in [2.05, 4.69) is 18.7 Å². The number of non-ortho nitro benzene ring substituents is 1. The molecule has 3 rings (SSSR count). The predicted octanol–water partition coefficient (Wildman–Crippen LogP) is 3.09. The molecule has 1 saturated heterocycles. The van der Waals surface area contributed by atoms with Gasteiger partial charge in [0, 0.05) is 69.0 Å². The highest BCUT2D eigenvalue weighted by Gasteiger charge is 2.25. The van der Waals surface area contributed by atoms with Gasteiger partial charge in [0.1, 0.15) is 18.2 Å². The first-order chi connectivity index (χ1) is 15.3. The molecule has 172 valence electrons. The summed E-state index contributed by atoms with van der Waals surface area (Å²) in [5.41, 5.74) is 2.98. The lowest BCUT2D eigenvalue weighted by molar-refractivity contribution is -0.384. The van der Waals surface area contributed by atoms with E-state index in [1.54, 1.807) is 12.1 Å². The van der Waals surface area contributed by atoms with Crippen LogP contribution in [0.4, 0.5) is 11.5 Å². The van der Waals surface area contributed by atoms with E-state index in [1.807, 2.05) is 11.8 Å². The van der Waals surface area contributed by atoms with Gasteiger partial charge in [-0.2, -0.15) is 0 Å². The maximum Gasteiger partial charge on any atom is 0.269 e. The van der Waals surface area contributed by atoms with Crippen molar-refractivity contribution in [3.8, 4) is 0 Å². The van der Waals surface area contributed by atoms with Crippen LogP contribution in [0.25, 0.3) is 0 Å². The molecule has 0 bridgehead atoms. The van der Waals surface area contributed by atoms with Crippen LogP contribution in [0.3, 0.4) is 0 Å². The van der Waals surface area contributed by atoms with Crippen LogP contribution < -0.4 is 4.90 Å². The third-order valence-corrected chi connectivity index (χ3v) is 5.99. The lowest BCUT2D eigenvalue weighted by Crippen LogP contribution is -2.50. The van der Waals surface area contributed by atoms with Gasteiger partial charge in [-0.15, -0.1) is 0 Å². The molecule has 0 N–H and O–H groups in total. The van der Waals surface area contributed by atoms with Crippen LogP contribution in [0.2, 0.25) is 0 Å². The van der Waals surface area contributed by atoms with E-state index in [0.717, 1.165) is 34.9 Å². The molecule has 1 atom stereocenters. The van der Waals surface area contributed by atoms with E-state index in [-0.39, 0.29) is 24.1 Å². The summed E-state index contributed by atoms with van der Waals surface area (Å²) in [6, 6.07) is 6.62. The zero-order valence-electron chi connectivity index (χ0n) is 19.2. The fraction of sp³-hybridized carbons (Fsp3) is 0.522. The first-order valence-corrected chi connectivity index (χ1v) is 11.0. The van der Waals surface area contributed by atoms with E-state index in [1.165, 1.54) is 19.2 Å². The number of nitro benzene ring substituents is 1. The molecule has 2 aromatic rings. The maximum absolute atomic E-state index is 12.2. The largest absolute Gasteiger partial charge is 0.375 e. The molecular formula is C23H31N5O4. The molecule has 0 aliphatic carbocycles. The van der Waals surface area contributed by atoms with Crippen molar-refractivity contribution in [3.63, 3.8) is 0 Å². The Bertz CT molecular complexity index is 956. The Labute approximate surface area is 188 Å². The predicted molar refractivity (Wildman–Crippen MR) is 122 cm³/mol. The molecule has 1 aliphatic heterocycles. The number of aromatic nitrogens is 2. The summed E-state index contributed by atoms with van der Waals surface area (Å²) in [5, 5.41) is 11.0. The van der Waals surface area contributed by atoms with Gasteiger partial charge in [0.15, 0.2) is 0 Å². The van der Waals surface area contributed by atoms with Crippen LogP contribution in [-0.2, 0) is 16.0 Å². The molecule has 9 nitrogen and oxygen atoms in total. The second-order valence-electron chi connectivity index (χ2n) is 8.18. The number of methoxy groups -OCH3 is 1. The Morgan fingerprint density at radius 2 is 1.84 bits per heavy atom. The minimum absolute atomic E-state index is 0.00239. The SMILES string of the molecule is CCC(C)c1nc(C)c(Cc2ccc([N+](=O)[O-])cc2)c(N2CCN(C(=O)COC)CC2)n1. The number of anilines is 1. The van der Waals surface area contributed by atoms with Crippen molar-refractivity contribution in [2.45, 2.75) is 39.5 Å². The number of nitro groups is 1. The highest BCUT2D eigenvalue weighted by molar-refractivity contribution is 5.77. The van der Waals surface area contributed by atoms with Crippen LogP contribution in [0.1, 0.15) is 48.8 Å². The first-order valence-electron chi connectivity index (χ1n) is 11.0. The van der Waals surface area contributed by atoms with Gasteiger partial charge in [-0.25, -0.2) is 9.97 Å². The van der Waals surface area contributed by atoms with E-state index in [9.17, 15) is 14.9 Å². The van der Waals surface area contributed by atoms with Gasteiger partial charge in [-0.05, 0) is 18.9 Å². The van der Waals surface area contributed by atoms with Crippen molar-refractivity contribution < 1.29 is 14.5 Å². The molecule has 0 radical (unpaired) electrons. The molecule has 32 heavy (non-hydrogen) atoms. The molecule has 1 aromatic heterocycles. The monoisotopic (exact) mass is 441 g/mol. The van der Waals surface area contributed by atoms with E-state index >= 15 is 0 Å². The summed E-state index contributed by atoms with van der Waals surface area (Å²) in [6.45, 7) is 8.91. The molecule has 2 heterocycles. The zero-order valence-corrected chi connectivity index (χ0v) is 19.2. The quantitative estimate of drug-likeness (QED) is 0.458. The molecule has 1 unspecified atom stereocenters. The van der Waals surface area contributed by atoms with Gasteiger partial charge >= 0.3 is 0 Å². The number of benzene rings is 1. The fourth-order valence-electron chi connectivity index (χ4n) is 3.80. The lowest BCUT2D eigenvalue weighted by atomic mass is 10.0. The molecular weight excluding hydrogens is 410 g/mol. The van der Waals surface area contributed by atoms with Crippen molar-refractivity contribution in [3.05, 3.63) is 57.0 Å². The van der Waals surface area contributed by atoms with Gasteiger partial charge in [0.2, 0.25) is 5.91 Å². The summed E-state index contributed by atoms with van der Waals surface area (Å²) in [7, 11) is 1.53. The molecule has 9 heteroatoms. The molecule has 1 fully saturated rings. The van der Waals surface area contributed by atoms with E-state index < -0.39 is 4.92 Å². The number of rotatable bonds is 8. The first kappa shape index (κ1) is 23.6. The van der Waals surface area contributed by atoms with Gasteiger partial charge in [0.25, 0.3) is 5.69 Å². The summed E-state index contributed by atoms with van der Waals surface area (Å²) in [6.07, 6.45) is 1.53. The Hall–Kier alpha value is -3.07. The molecule has 0 spiro atoms. The second-order valence-corrected chi connectivity index (χ2v) is 8.18. The third-order valence-electron chi connectivity index (χ3n) is 5.99. The number of aryl methyl sites for hydroxylation is 1. The topological polar surface area (TPSA) is 102 Å². The van der Waals surface area contributed by atoms with Crippen LogP contribution in [0.15, 0.2) is 24.3 Å². The Kier molecular flexibility index (Phi) is 7.74. The molecule has 1 aromatic carbocycles. The average molecular weight is 442 g/mol. The molecule has 0 saturated carbocycles. The number of carbonyl (C=O) groups is 1. The fourth-order valence-corrected chi connectivity index (χ4v) is 3.80. The minimum Gasteiger partial charge on any atom is -0.375 e. The van der Waals surface area contributed by atoms with Crippen molar-refractivity contribution in [2.75, 3.05) is 44.8 Å². The smallest absolute Gasteiger partial charge is 0.269 e. The van der Waals surface area contributed by atoms with Crippen molar-refractivity contribution in [1.82, 2.24) is 14.9 Å². The standard InChI is InChI=1S/C23H31N5O4/c1-5-16(2)22-24-17(3)20(14-18-6-8-19(9-7-18)28(30)31)23(25-22)27-12-10-26(11-13-27)21(29)15-32-4/h6-9,16H,5,10-15H2,1-4H3. The second kappa shape index (κ2) is 10.5.